The highest BCUT2D eigenvalue weighted by atomic mass is 16.5. The van der Waals surface area contributed by atoms with E-state index < -0.39 is 30.6 Å². The van der Waals surface area contributed by atoms with Crippen molar-refractivity contribution in [2.45, 2.75) is 12.0 Å². The van der Waals surface area contributed by atoms with Crippen molar-refractivity contribution < 1.29 is 34.1 Å². The SMILES string of the molecule is COc1ccc(NC(=O)OCC2c3ccccc3-c3ccccc32)c(C(=O)NC[C@H](O)C(=O)O)c1. The molecule has 4 rings (SSSR count). The fraction of sp³-hybridized carbons (Fsp3) is 0.192. The van der Waals surface area contributed by atoms with Gasteiger partial charge in [0.15, 0.2) is 6.10 Å². The van der Waals surface area contributed by atoms with Crippen LogP contribution < -0.4 is 15.4 Å². The molecule has 0 heterocycles. The number of aliphatic hydroxyl groups excluding tert-OH is 1. The number of benzene rings is 3. The molecule has 1 aliphatic rings. The van der Waals surface area contributed by atoms with Gasteiger partial charge in [0.05, 0.1) is 24.9 Å². The lowest BCUT2D eigenvalue weighted by Crippen LogP contribution is -2.36. The lowest BCUT2D eigenvalue weighted by Gasteiger charge is -2.16. The number of hydrogen-bond donors (Lipinski definition) is 4. The minimum Gasteiger partial charge on any atom is -0.497 e. The van der Waals surface area contributed by atoms with Gasteiger partial charge < -0.3 is 25.0 Å². The molecule has 3 aromatic carbocycles. The standard InChI is InChI=1S/C26H24N2O7/c1-34-15-10-11-22(20(12-15)24(30)27-13-23(29)25(31)32)28-26(33)35-14-21-18-8-4-2-6-16(18)17-7-3-5-9-19(17)21/h2-12,21,23,29H,13-14H2,1H3,(H,27,30)(H,28,33)(H,31,32)/t23-/m0/s1. The fourth-order valence-electron chi connectivity index (χ4n) is 4.06. The number of aliphatic carboxylic acids is 1. The van der Waals surface area contributed by atoms with E-state index in [1.54, 1.807) is 6.07 Å². The molecule has 1 atom stereocenters. The lowest BCUT2D eigenvalue weighted by atomic mass is 9.98. The van der Waals surface area contributed by atoms with Gasteiger partial charge in [-0.2, -0.15) is 0 Å². The number of carbonyl (C=O) groups excluding carboxylic acids is 2. The number of anilines is 1. The Morgan fingerprint density at radius 3 is 2.20 bits per heavy atom. The first-order valence-corrected chi connectivity index (χ1v) is 10.9. The highest BCUT2D eigenvalue weighted by Gasteiger charge is 2.29. The van der Waals surface area contributed by atoms with Gasteiger partial charge in [0, 0.05) is 5.92 Å². The zero-order chi connectivity index (χ0) is 24.9. The quantitative estimate of drug-likeness (QED) is 0.392. The van der Waals surface area contributed by atoms with Crippen molar-refractivity contribution in [2.75, 3.05) is 25.6 Å². The molecule has 9 nitrogen and oxygen atoms in total. The largest absolute Gasteiger partial charge is 0.497 e. The number of carboxylic acid groups (broad SMARTS) is 1. The van der Waals surface area contributed by atoms with Crippen LogP contribution in [0, 0.1) is 0 Å². The average molecular weight is 476 g/mol. The molecule has 9 heteroatoms. The third kappa shape index (κ3) is 5.10. The maximum absolute atomic E-state index is 12.7. The Labute approximate surface area is 201 Å². The molecular weight excluding hydrogens is 452 g/mol. The van der Waals surface area contributed by atoms with E-state index in [4.69, 9.17) is 14.6 Å². The molecule has 0 aromatic heterocycles. The zero-order valence-corrected chi connectivity index (χ0v) is 18.9. The van der Waals surface area contributed by atoms with Crippen LogP contribution in [0.3, 0.4) is 0 Å². The summed E-state index contributed by atoms with van der Waals surface area (Å²) in [6.45, 7) is -0.405. The van der Waals surface area contributed by atoms with Gasteiger partial charge in [-0.25, -0.2) is 9.59 Å². The molecule has 0 spiro atoms. The van der Waals surface area contributed by atoms with Gasteiger partial charge in [0.25, 0.3) is 5.91 Å². The fourth-order valence-corrected chi connectivity index (χ4v) is 4.06. The summed E-state index contributed by atoms with van der Waals surface area (Å²) in [5, 5.41) is 23.1. The molecule has 0 saturated carbocycles. The number of methoxy groups -OCH3 is 1. The molecular formula is C26H24N2O7. The summed E-state index contributed by atoms with van der Waals surface area (Å²) in [5.74, 6) is -1.93. The summed E-state index contributed by atoms with van der Waals surface area (Å²) in [5.41, 5.74) is 4.52. The van der Waals surface area contributed by atoms with E-state index in [9.17, 15) is 19.5 Å². The number of fused-ring (bicyclic) bond motifs is 3. The van der Waals surface area contributed by atoms with Crippen LogP contribution in [0.2, 0.25) is 0 Å². The summed E-state index contributed by atoms with van der Waals surface area (Å²) in [6, 6.07) is 20.4. The number of amides is 2. The van der Waals surface area contributed by atoms with E-state index in [0.717, 1.165) is 22.3 Å². The number of aliphatic hydroxyl groups is 1. The number of rotatable bonds is 8. The Morgan fingerprint density at radius 2 is 1.60 bits per heavy atom. The smallest absolute Gasteiger partial charge is 0.411 e. The van der Waals surface area contributed by atoms with Gasteiger partial charge in [-0.3, -0.25) is 10.1 Å². The maximum atomic E-state index is 12.7. The van der Waals surface area contributed by atoms with Crippen molar-refractivity contribution in [3.63, 3.8) is 0 Å². The molecule has 0 unspecified atom stereocenters. The molecule has 0 radical (unpaired) electrons. The second kappa shape index (κ2) is 10.3. The summed E-state index contributed by atoms with van der Waals surface area (Å²) in [7, 11) is 1.42. The van der Waals surface area contributed by atoms with E-state index in [1.165, 1.54) is 19.2 Å². The lowest BCUT2D eigenvalue weighted by molar-refractivity contribution is -0.146. The van der Waals surface area contributed by atoms with Crippen LogP contribution in [0.4, 0.5) is 10.5 Å². The van der Waals surface area contributed by atoms with Crippen LogP contribution in [0.1, 0.15) is 27.4 Å². The first-order chi connectivity index (χ1) is 16.9. The molecule has 180 valence electrons. The van der Waals surface area contributed by atoms with Gasteiger partial charge >= 0.3 is 12.1 Å². The summed E-state index contributed by atoms with van der Waals surface area (Å²) < 4.78 is 10.7. The predicted molar refractivity (Wildman–Crippen MR) is 128 cm³/mol. The van der Waals surface area contributed by atoms with Crippen molar-refractivity contribution in [2.24, 2.45) is 0 Å². The molecule has 2 amide bonds. The van der Waals surface area contributed by atoms with Crippen LogP contribution in [-0.2, 0) is 9.53 Å². The van der Waals surface area contributed by atoms with Crippen LogP contribution in [0.25, 0.3) is 11.1 Å². The number of carbonyl (C=O) groups is 3. The number of nitrogens with one attached hydrogen (secondary N) is 2. The van der Waals surface area contributed by atoms with Crippen LogP contribution >= 0.6 is 0 Å². The van der Waals surface area contributed by atoms with Gasteiger partial charge in [-0.1, -0.05) is 48.5 Å². The second-order valence-electron chi connectivity index (χ2n) is 7.93. The van der Waals surface area contributed by atoms with Gasteiger partial charge in [0.2, 0.25) is 0 Å². The molecule has 0 saturated heterocycles. The van der Waals surface area contributed by atoms with Crippen molar-refractivity contribution in [3.8, 4) is 16.9 Å². The summed E-state index contributed by atoms with van der Waals surface area (Å²) in [4.78, 5) is 36.1. The third-order valence-corrected chi connectivity index (χ3v) is 5.79. The minimum absolute atomic E-state index is 0.0236. The van der Waals surface area contributed by atoms with Crippen LogP contribution in [0.5, 0.6) is 5.75 Å². The van der Waals surface area contributed by atoms with E-state index in [1.807, 2.05) is 48.5 Å². The van der Waals surface area contributed by atoms with Crippen LogP contribution in [-0.4, -0.2) is 54.5 Å². The molecule has 1 aliphatic carbocycles. The highest BCUT2D eigenvalue weighted by molar-refractivity contribution is 6.03. The first-order valence-electron chi connectivity index (χ1n) is 10.9. The Morgan fingerprint density at radius 1 is 0.971 bits per heavy atom. The van der Waals surface area contributed by atoms with E-state index >= 15 is 0 Å². The Hall–Kier alpha value is -4.37. The van der Waals surface area contributed by atoms with Gasteiger partial charge in [-0.15, -0.1) is 0 Å². The number of ether oxygens (including phenoxy) is 2. The normalized spacial score (nSPS) is 12.7. The summed E-state index contributed by atoms with van der Waals surface area (Å²) >= 11 is 0. The highest BCUT2D eigenvalue weighted by Crippen LogP contribution is 2.44. The maximum Gasteiger partial charge on any atom is 0.411 e. The van der Waals surface area contributed by atoms with E-state index in [0.29, 0.717) is 5.75 Å². The Bertz CT molecular complexity index is 1230. The van der Waals surface area contributed by atoms with Gasteiger partial charge in [0.1, 0.15) is 12.4 Å². The molecule has 3 aromatic rings. The zero-order valence-electron chi connectivity index (χ0n) is 18.9. The number of hydrogen-bond acceptors (Lipinski definition) is 6. The van der Waals surface area contributed by atoms with Crippen molar-refractivity contribution in [3.05, 3.63) is 83.4 Å². The number of carboxylic acids is 1. The second-order valence-corrected chi connectivity index (χ2v) is 7.93. The average Bonchev–Trinajstić information content (AvgIpc) is 3.19. The molecule has 0 bridgehead atoms. The van der Waals surface area contributed by atoms with E-state index in [-0.39, 0.29) is 23.8 Å². The predicted octanol–water partition coefficient (Wildman–Crippen LogP) is 3.23. The van der Waals surface area contributed by atoms with E-state index in [2.05, 4.69) is 10.6 Å². The molecule has 0 aliphatic heterocycles. The third-order valence-electron chi connectivity index (χ3n) is 5.79. The Kier molecular flexibility index (Phi) is 6.98. The molecule has 0 fully saturated rings. The van der Waals surface area contributed by atoms with Crippen molar-refractivity contribution in [1.29, 1.82) is 0 Å². The van der Waals surface area contributed by atoms with Crippen LogP contribution in [0.15, 0.2) is 66.7 Å². The topological polar surface area (TPSA) is 134 Å². The molecule has 4 N–H and O–H groups in total. The van der Waals surface area contributed by atoms with Crippen molar-refractivity contribution in [1.82, 2.24) is 5.32 Å². The summed E-state index contributed by atoms with van der Waals surface area (Å²) in [6.07, 6.45) is -2.51. The Balaban J connectivity index is 1.47. The first kappa shape index (κ1) is 23.8. The minimum atomic E-state index is -1.76. The monoisotopic (exact) mass is 476 g/mol. The van der Waals surface area contributed by atoms with Gasteiger partial charge in [-0.05, 0) is 40.5 Å². The van der Waals surface area contributed by atoms with Crippen molar-refractivity contribution >= 4 is 23.7 Å². The molecule has 35 heavy (non-hydrogen) atoms.